The molecule has 1 aromatic heterocycles. The molecule has 0 fully saturated rings. The quantitative estimate of drug-likeness (QED) is 0.498. The first-order valence-electron chi connectivity index (χ1n) is 9.10. The molecule has 29 heavy (non-hydrogen) atoms. The van der Waals surface area contributed by atoms with Crippen LogP contribution in [0.25, 0.3) is 0 Å². The van der Waals surface area contributed by atoms with Crippen LogP contribution < -0.4 is 10.2 Å². The number of hydrogen-bond acceptors (Lipinski definition) is 5. The van der Waals surface area contributed by atoms with Crippen LogP contribution in [0.15, 0.2) is 59.7 Å². The van der Waals surface area contributed by atoms with Gasteiger partial charge in [-0.3, -0.25) is 9.48 Å². The second kappa shape index (κ2) is 9.33. The summed E-state index contributed by atoms with van der Waals surface area (Å²) in [6, 6.07) is 18.8. The number of nitrogens with zero attached hydrogens (tertiary/aromatic N) is 4. The molecule has 0 aliphatic heterocycles. The number of ether oxygens (including phenoxy) is 1. The number of amides is 1. The molecule has 146 valence electrons. The lowest BCUT2D eigenvalue weighted by atomic mass is 10.2. The molecule has 0 saturated heterocycles. The summed E-state index contributed by atoms with van der Waals surface area (Å²) in [7, 11) is 0. The smallest absolute Gasteiger partial charge is 0.277 e. The van der Waals surface area contributed by atoms with E-state index in [-0.39, 0.29) is 6.61 Å². The fourth-order valence-electron chi connectivity index (χ4n) is 2.84. The van der Waals surface area contributed by atoms with Gasteiger partial charge in [-0.2, -0.15) is 15.5 Å². The highest BCUT2D eigenvalue weighted by Gasteiger charge is 2.10. The van der Waals surface area contributed by atoms with E-state index in [4.69, 9.17) is 10.00 Å². The van der Waals surface area contributed by atoms with Gasteiger partial charge >= 0.3 is 0 Å². The van der Waals surface area contributed by atoms with E-state index >= 15 is 0 Å². The molecule has 0 radical (unpaired) electrons. The SMILES string of the molecule is Cc1nn(Cc2ccccc2)c(C)c1/C=N\NC(=O)COc1ccccc1C#N. The van der Waals surface area contributed by atoms with Crippen molar-refractivity contribution in [1.29, 1.82) is 5.26 Å². The van der Waals surface area contributed by atoms with Crippen LogP contribution in [0, 0.1) is 25.2 Å². The van der Waals surface area contributed by atoms with Crippen molar-refractivity contribution in [3.05, 3.63) is 82.7 Å². The molecule has 1 amide bonds. The maximum Gasteiger partial charge on any atom is 0.277 e. The average Bonchev–Trinajstić information content (AvgIpc) is 3.00. The predicted molar refractivity (Wildman–Crippen MR) is 110 cm³/mol. The monoisotopic (exact) mass is 387 g/mol. The van der Waals surface area contributed by atoms with Crippen molar-refractivity contribution in [2.75, 3.05) is 6.61 Å². The third-order valence-corrected chi connectivity index (χ3v) is 4.36. The zero-order valence-electron chi connectivity index (χ0n) is 16.3. The molecule has 0 bridgehead atoms. The maximum atomic E-state index is 12.0. The highest BCUT2D eigenvalue weighted by atomic mass is 16.5. The third kappa shape index (κ3) is 5.08. The number of rotatable bonds is 7. The first kappa shape index (κ1) is 19.8. The lowest BCUT2D eigenvalue weighted by Crippen LogP contribution is -2.24. The average molecular weight is 387 g/mol. The van der Waals surface area contributed by atoms with Gasteiger partial charge in [-0.25, -0.2) is 5.43 Å². The fourth-order valence-corrected chi connectivity index (χ4v) is 2.84. The zero-order chi connectivity index (χ0) is 20.6. The largest absolute Gasteiger partial charge is 0.482 e. The summed E-state index contributed by atoms with van der Waals surface area (Å²) in [6.45, 7) is 4.30. The molecule has 0 aliphatic rings. The molecule has 0 spiro atoms. The van der Waals surface area contributed by atoms with Gasteiger partial charge in [0.25, 0.3) is 5.91 Å². The van der Waals surface area contributed by atoms with Crippen LogP contribution in [-0.2, 0) is 11.3 Å². The van der Waals surface area contributed by atoms with Crippen LogP contribution in [0.5, 0.6) is 5.75 Å². The molecule has 0 atom stereocenters. The van der Waals surface area contributed by atoms with Crippen LogP contribution >= 0.6 is 0 Å². The van der Waals surface area contributed by atoms with Gasteiger partial charge in [0, 0.05) is 11.3 Å². The Morgan fingerprint density at radius 1 is 1.21 bits per heavy atom. The Labute approximate surface area is 169 Å². The second-order valence-electron chi connectivity index (χ2n) is 6.42. The van der Waals surface area contributed by atoms with E-state index in [0.717, 1.165) is 22.5 Å². The molecular weight excluding hydrogens is 366 g/mol. The van der Waals surface area contributed by atoms with Gasteiger partial charge in [0.1, 0.15) is 11.8 Å². The Morgan fingerprint density at radius 2 is 1.93 bits per heavy atom. The van der Waals surface area contributed by atoms with Gasteiger partial charge in [-0.15, -0.1) is 0 Å². The first-order valence-corrected chi connectivity index (χ1v) is 9.10. The second-order valence-corrected chi connectivity index (χ2v) is 6.42. The van der Waals surface area contributed by atoms with Crippen LogP contribution in [0.3, 0.4) is 0 Å². The van der Waals surface area contributed by atoms with Crippen LogP contribution in [0.2, 0.25) is 0 Å². The number of carbonyl (C=O) groups excluding carboxylic acids is 1. The Morgan fingerprint density at radius 3 is 2.69 bits per heavy atom. The van der Waals surface area contributed by atoms with Gasteiger partial charge in [0.2, 0.25) is 0 Å². The summed E-state index contributed by atoms with van der Waals surface area (Å²) >= 11 is 0. The number of hydrazone groups is 1. The number of benzene rings is 2. The summed E-state index contributed by atoms with van der Waals surface area (Å²) in [4.78, 5) is 12.0. The number of nitriles is 1. The predicted octanol–water partition coefficient (Wildman–Crippen LogP) is 2.95. The number of nitrogens with one attached hydrogen (secondary N) is 1. The van der Waals surface area contributed by atoms with Crippen molar-refractivity contribution < 1.29 is 9.53 Å². The fraction of sp³-hybridized carbons (Fsp3) is 0.182. The summed E-state index contributed by atoms with van der Waals surface area (Å²) in [5, 5.41) is 17.6. The van der Waals surface area contributed by atoms with E-state index in [2.05, 4.69) is 27.8 Å². The summed E-state index contributed by atoms with van der Waals surface area (Å²) in [5.74, 6) is -0.0519. The zero-order valence-corrected chi connectivity index (χ0v) is 16.3. The molecule has 2 aromatic carbocycles. The van der Waals surface area contributed by atoms with Crippen molar-refractivity contribution in [1.82, 2.24) is 15.2 Å². The molecule has 3 rings (SSSR count). The lowest BCUT2D eigenvalue weighted by molar-refractivity contribution is -0.123. The summed E-state index contributed by atoms with van der Waals surface area (Å²) in [5.41, 5.74) is 6.62. The van der Waals surface area contributed by atoms with Crippen molar-refractivity contribution in [3.8, 4) is 11.8 Å². The van der Waals surface area contributed by atoms with Crippen molar-refractivity contribution in [2.45, 2.75) is 20.4 Å². The number of aryl methyl sites for hydroxylation is 1. The Hall–Kier alpha value is -3.92. The number of hydrogen-bond donors (Lipinski definition) is 1. The van der Waals surface area contributed by atoms with E-state index in [9.17, 15) is 4.79 Å². The topological polar surface area (TPSA) is 92.3 Å². The molecule has 1 N–H and O–H groups in total. The maximum absolute atomic E-state index is 12.0. The molecular formula is C22H21N5O2. The standard InChI is InChI=1S/C22H21N5O2/c1-16-20(17(2)27(26-16)14-18-8-4-3-5-9-18)13-24-25-22(28)15-29-21-11-7-6-10-19(21)12-23/h3-11,13H,14-15H2,1-2H3,(H,25,28)/b24-13-. The Balaban J connectivity index is 1.59. The van der Waals surface area contributed by atoms with E-state index in [1.54, 1.807) is 30.5 Å². The molecule has 0 saturated carbocycles. The minimum absolute atomic E-state index is 0.235. The summed E-state index contributed by atoms with van der Waals surface area (Å²) in [6.07, 6.45) is 1.58. The van der Waals surface area contributed by atoms with Gasteiger partial charge in [-0.1, -0.05) is 42.5 Å². The molecule has 0 aliphatic carbocycles. The van der Waals surface area contributed by atoms with Gasteiger partial charge in [-0.05, 0) is 31.5 Å². The Kier molecular flexibility index (Phi) is 6.38. The number of carbonyl (C=O) groups is 1. The van der Waals surface area contributed by atoms with Crippen LogP contribution in [0.4, 0.5) is 0 Å². The van der Waals surface area contributed by atoms with E-state index in [1.807, 2.05) is 42.8 Å². The molecule has 1 heterocycles. The van der Waals surface area contributed by atoms with Gasteiger partial charge in [0.05, 0.1) is 24.0 Å². The van der Waals surface area contributed by atoms with Crippen molar-refractivity contribution in [2.24, 2.45) is 5.10 Å². The minimum atomic E-state index is -0.416. The summed E-state index contributed by atoms with van der Waals surface area (Å²) < 4.78 is 7.30. The minimum Gasteiger partial charge on any atom is -0.482 e. The number of para-hydroxylation sites is 1. The van der Waals surface area contributed by atoms with E-state index in [1.165, 1.54) is 0 Å². The lowest BCUT2D eigenvalue weighted by Gasteiger charge is -2.06. The van der Waals surface area contributed by atoms with Crippen LogP contribution in [0.1, 0.15) is 28.1 Å². The molecule has 7 heteroatoms. The van der Waals surface area contributed by atoms with E-state index < -0.39 is 5.91 Å². The molecule has 0 unspecified atom stereocenters. The molecule has 7 nitrogen and oxygen atoms in total. The normalized spacial score (nSPS) is 10.7. The highest BCUT2D eigenvalue weighted by molar-refractivity contribution is 5.84. The molecule has 3 aromatic rings. The van der Waals surface area contributed by atoms with Crippen molar-refractivity contribution in [3.63, 3.8) is 0 Å². The Bertz CT molecular complexity index is 1060. The van der Waals surface area contributed by atoms with Gasteiger partial charge < -0.3 is 4.74 Å². The first-order chi connectivity index (χ1) is 14.1. The third-order valence-electron chi connectivity index (χ3n) is 4.36. The highest BCUT2D eigenvalue weighted by Crippen LogP contribution is 2.16. The van der Waals surface area contributed by atoms with Crippen molar-refractivity contribution >= 4 is 12.1 Å². The van der Waals surface area contributed by atoms with Crippen LogP contribution in [-0.4, -0.2) is 28.5 Å². The number of aromatic nitrogens is 2. The van der Waals surface area contributed by atoms with E-state index in [0.29, 0.717) is 17.9 Å². The van der Waals surface area contributed by atoms with Gasteiger partial charge in [0.15, 0.2) is 6.61 Å².